The molecule has 134 valence electrons. The van der Waals surface area contributed by atoms with Gasteiger partial charge in [0.05, 0.1) is 17.7 Å². The molecule has 0 aliphatic carbocycles. The van der Waals surface area contributed by atoms with E-state index in [1.54, 1.807) is 4.90 Å². The van der Waals surface area contributed by atoms with Crippen LogP contribution in [0.2, 0.25) is 0 Å². The number of halogens is 6. The third kappa shape index (κ3) is 4.72. The largest absolute Gasteiger partial charge is 0.417 e. The number of likely N-dealkylation sites (tertiary alicyclic amines) is 1. The topological polar surface area (TPSA) is 20.3 Å². The van der Waals surface area contributed by atoms with Crippen LogP contribution in [-0.4, -0.2) is 30.3 Å². The SMILES string of the molecule is O=C(CN1CCCCCC1)c1ccc(C(F)(F)F)cc1C(F)(F)F. The summed E-state index contributed by atoms with van der Waals surface area (Å²) in [5.41, 5.74) is -3.65. The summed E-state index contributed by atoms with van der Waals surface area (Å²) in [4.78, 5) is 14.0. The smallest absolute Gasteiger partial charge is 0.296 e. The van der Waals surface area contributed by atoms with Crippen LogP contribution >= 0.6 is 0 Å². The summed E-state index contributed by atoms with van der Waals surface area (Å²) in [6, 6.07) is 1.16. The van der Waals surface area contributed by atoms with Crippen molar-refractivity contribution in [1.29, 1.82) is 0 Å². The lowest BCUT2D eigenvalue weighted by Crippen LogP contribution is -2.31. The Morgan fingerprint density at radius 3 is 2.00 bits per heavy atom. The Labute approximate surface area is 135 Å². The Kier molecular flexibility index (Phi) is 5.57. The summed E-state index contributed by atoms with van der Waals surface area (Å²) in [5, 5.41) is 0. The van der Waals surface area contributed by atoms with E-state index in [2.05, 4.69) is 0 Å². The summed E-state index contributed by atoms with van der Waals surface area (Å²) >= 11 is 0. The van der Waals surface area contributed by atoms with Crippen molar-refractivity contribution in [2.75, 3.05) is 19.6 Å². The van der Waals surface area contributed by atoms with Crippen molar-refractivity contribution in [3.05, 3.63) is 34.9 Å². The van der Waals surface area contributed by atoms with Gasteiger partial charge in [-0.2, -0.15) is 26.3 Å². The van der Waals surface area contributed by atoms with Gasteiger partial charge in [-0.1, -0.05) is 18.9 Å². The maximum absolute atomic E-state index is 13.1. The number of alkyl halides is 6. The Balaban J connectivity index is 2.29. The molecular formula is C16H17F6NO. The van der Waals surface area contributed by atoms with Crippen LogP contribution in [0.1, 0.15) is 47.2 Å². The quantitative estimate of drug-likeness (QED) is 0.576. The third-order valence-corrected chi connectivity index (χ3v) is 4.02. The molecule has 8 heteroatoms. The average Bonchev–Trinajstić information content (AvgIpc) is 2.73. The number of benzene rings is 1. The number of Topliss-reactive ketones (excluding diaryl/α,β-unsaturated/α-hetero) is 1. The maximum atomic E-state index is 13.1. The summed E-state index contributed by atoms with van der Waals surface area (Å²) in [7, 11) is 0. The molecule has 0 spiro atoms. The molecule has 1 saturated heterocycles. The second kappa shape index (κ2) is 7.13. The van der Waals surface area contributed by atoms with Crippen LogP contribution in [-0.2, 0) is 12.4 Å². The van der Waals surface area contributed by atoms with E-state index in [1.165, 1.54) is 0 Å². The van der Waals surface area contributed by atoms with Crippen LogP contribution in [0.4, 0.5) is 26.3 Å². The molecular weight excluding hydrogens is 336 g/mol. The first-order valence-corrected chi connectivity index (χ1v) is 7.63. The Bertz CT molecular complexity index is 585. The lowest BCUT2D eigenvalue weighted by Gasteiger charge is -2.20. The minimum atomic E-state index is -5.02. The number of carbonyl (C=O) groups is 1. The summed E-state index contributed by atoms with van der Waals surface area (Å²) < 4.78 is 77.2. The highest BCUT2D eigenvalue weighted by Crippen LogP contribution is 2.37. The van der Waals surface area contributed by atoms with E-state index in [1.807, 2.05) is 0 Å². The van der Waals surface area contributed by atoms with Crippen molar-refractivity contribution < 1.29 is 31.1 Å². The van der Waals surface area contributed by atoms with Crippen molar-refractivity contribution in [1.82, 2.24) is 4.90 Å². The van der Waals surface area contributed by atoms with Crippen molar-refractivity contribution >= 4 is 5.78 Å². The predicted octanol–water partition coefficient (Wildman–Crippen LogP) is 4.78. The van der Waals surface area contributed by atoms with E-state index in [4.69, 9.17) is 0 Å². The van der Waals surface area contributed by atoms with Crippen molar-refractivity contribution in [2.24, 2.45) is 0 Å². The molecule has 0 N–H and O–H groups in total. The number of carbonyl (C=O) groups excluding carboxylic acids is 1. The van der Waals surface area contributed by atoms with E-state index in [-0.39, 0.29) is 12.6 Å². The van der Waals surface area contributed by atoms with Crippen LogP contribution in [0.25, 0.3) is 0 Å². The lowest BCUT2D eigenvalue weighted by atomic mass is 9.99. The van der Waals surface area contributed by atoms with Gasteiger partial charge in [-0.3, -0.25) is 9.69 Å². The summed E-state index contributed by atoms with van der Waals surface area (Å²) in [6.07, 6.45) is -6.21. The molecule has 1 heterocycles. The fourth-order valence-electron chi connectivity index (χ4n) is 2.78. The van der Waals surface area contributed by atoms with E-state index in [0.29, 0.717) is 25.2 Å². The normalized spacial score (nSPS) is 17.6. The first-order chi connectivity index (χ1) is 11.1. The first kappa shape index (κ1) is 18.8. The van der Waals surface area contributed by atoms with Gasteiger partial charge in [-0.25, -0.2) is 0 Å². The fourth-order valence-corrected chi connectivity index (χ4v) is 2.78. The number of rotatable bonds is 3. The Hall–Kier alpha value is -1.57. The van der Waals surface area contributed by atoms with Crippen LogP contribution in [0, 0.1) is 0 Å². The van der Waals surface area contributed by atoms with Gasteiger partial charge in [-0.05, 0) is 38.1 Å². The lowest BCUT2D eigenvalue weighted by molar-refractivity contribution is -0.143. The Morgan fingerprint density at radius 2 is 1.50 bits per heavy atom. The third-order valence-electron chi connectivity index (χ3n) is 4.02. The first-order valence-electron chi connectivity index (χ1n) is 7.63. The van der Waals surface area contributed by atoms with E-state index >= 15 is 0 Å². The number of ketones is 1. The highest BCUT2D eigenvalue weighted by Gasteiger charge is 2.39. The molecule has 0 radical (unpaired) electrons. The zero-order valence-corrected chi connectivity index (χ0v) is 12.8. The molecule has 2 rings (SSSR count). The zero-order valence-electron chi connectivity index (χ0n) is 12.8. The van der Waals surface area contributed by atoms with Gasteiger partial charge in [0, 0.05) is 5.56 Å². The van der Waals surface area contributed by atoms with Crippen molar-refractivity contribution in [2.45, 2.75) is 38.0 Å². The van der Waals surface area contributed by atoms with Crippen molar-refractivity contribution in [3.8, 4) is 0 Å². The average molecular weight is 353 g/mol. The van der Waals surface area contributed by atoms with Gasteiger partial charge in [0.15, 0.2) is 5.78 Å². The van der Waals surface area contributed by atoms with Gasteiger partial charge in [0.2, 0.25) is 0 Å². The van der Waals surface area contributed by atoms with Gasteiger partial charge in [0.1, 0.15) is 0 Å². The second-order valence-electron chi connectivity index (χ2n) is 5.87. The van der Waals surface area contributed by atoms with E-state index in [0.717, 1.165) is 25.7 Å². The molecule has 2 nitrogen and oxygen atoms in total. The minimum absolute atomic E-state index is 0.00958. The fraction of sp³-hybridized carbons (Fsp3) is 0.562. The van der Waals surface area contributed by atoms with Gasteiger partial charge in [-0.15, -0.1) is 0 Å². The highest BCUT2D eigenvalue weighted by atomic mass is 19.4. The monoisotopic (exact) mass is 353 g/mol. The molecule has 0 amide bonds. The zero-order chi connectivity index (χ0) is 18.0. The highest BCUT2D eigenvalue weighted by molar-refractivity contribution is 5.99. The molecule has 0 aromatic heterocycles. The molecule has 1 aromatic carbocycles. The van der Waals surface area contributed by atoms with Gasteiger partial charge < -0.3 is 0 Å². The summed E-state index contributed by atoms with van der Waals surface area (Å²) in [5.74, 6) is -0.807. The molecule has 0 bridgehead atoms. The minimum Gasteiger partial charge on any atom is -0.296 e. The summed E-state index contributed by atoms with van der Waals surface area (Å²) in [6.45, 7) is 0.996. The molecule has 24 heavy (non-hydrogen) atoms. The number of nitrogens with zero attached hydrogens (tertiary/aromatic N) is 1. The van der Waals surface area contributed by atoms with Gasteiger partial charge in [0.25, 0.3) is 0 Å². The van der Waals surface area contributed by atoms with Gasteiger partial charge >= 0.3 is 12.4 Å². The molecule has 1 aliphatic heterocycles. The molecule has 0 atom stereocenters. The molecule has 1 fully saturated rings. The molecule has 0 saturated carbocycles. The maximum Gasteiger partial charge on any atom is 0.417 e. The number of hydrogen-bond acceptors (Lipinski definition) is 2. The van der Waals surface area contributed by atoms with Crippen LogP contribution < -0.4 is 0 Å². The molecule has 1 aliphatic rings. The standard InChI is InChI=1S/C16H17F6NO/c17-15(18,19)11-5-6-12(13(9-11)16(20,21)22)14(24)10-23-7-3-1-2-4-8-23/h5-6,9H,1-4,7-8,10H2. The van der Waals surface area contributed by atoms with E-state index in [9.17, 15) is 31.1 Å². The predicted molar refractivity (Wildman–Crippen MR) is 75.7 cm³/mol. The molecule has 1 aromatic rings. The second-order valence-corrected chi connectivity index (χ2v) is 5.87. The van der Waals surface area contributed by atoms with Crippen LogP contribution in [0.15, 0.2) is 18.2 Å². The molecule has 0 unspecified atom stereocenters. The van der Waals surface area contributed by atoms with Crippen LogP contribution in [0.5, 0.6) is 0 Å². The Morgan fingerprint density at radius 1 is 0.917 bits per heavy atom. The number of hydrogen-bond donors (Lipinski definition) is 0. The van der Waals surface area contributed by atoms with Crippen LogP contribution in [0.3, 0.4) is 0 Å². The van der Waals surface area contributed by atoms with Crippen molar-refractivity contribution in [3.63, 3.8) is 0 Å². The van der Waals surface area contributed by atoms with E-state index < -0.39 is 34.8 Å².